The second-order valence-electron chi connectivity index (χ2n) is 5.71. The van der Waals surface area contributed by atoms with Crippen molar-refractivity contribution >= 4 is 11.6 Å². The Morgan fingerprint density at radius 1 is 1.52 bits per heavy atom. The maximum Gasteiger partial charge on any atom is 0.226 e. The van der Waals surface area contributed by atoms with Crippen LogP contribution in [0.1, 0.15) is 20.3 Å². The van der Waals surface area contributed by atoms with E-state index in [1.807, 2.05) is 24.3 Å². The first-order valence-electron chi connectivity index (χ1n) is 7.47. The Morgan fingerprint density at radius 2 is 2.38 bits per heavy atom. The molecule has 0 aliphatic carbocycles. The fourth-order valence-corrected chi connectivity index (χ4v) is 2.11. The van der Waals surface area contributed by atoms with Crippen molar-refractivity contribution in [2.24, 2.45) is 5.92 Å². The van der Waals surface area contributed by atoms with Crippen LogP contribution in [0.25, 0.3) is 0 Å². The lowest BCUT2D eigenvalue weighted by atomic mass is 10.2. The number of carbonyl (C=O) groups excluding carboxylic acids is 1. The molecule has 1 aromatic carbocycles. The first-order valence-corrected chi connectivity index (χ1v) is 7.47. The van der Waals surface area contributed by atoms with Crippen LogP contribution in [-0.2, 0) is 9.53 Å². The molecule has 21 heavy (non-hydrogen) atoms. The number of amides is 1. The summed E-state index contributed by atoms with van der Waals surface area (Å²) >= 11 is 0. The van der Waals surface area contributed by atoms with Gasteiger partial charge in [-0.3, -0.25) is 4.79 Å². The minimum absolute atomic E-state index is 0.0148. The molecule has 0 spiro atoms. The SMILES string of the molecule is CC(C)COc1cccc(NC(=O)CC2COCCN2)c1. The van der Waals surface area contributed by atoms with Crippen molar-refractivity contribution in [3.63, 3.8) is 0 Å². The smallest absolute Gasteiger partial charge is 0.226 e. The van der Waals surface area contributed by atoms with Crippen molar-refractivity contribution in [1.29, 1.82) is 0 Å². The van der Waals surface area contributed by atoms with Gasteiger partial charge in [-0.2, -0.15) is 0 Å². The number of nitrogens with one attached hydrogen (secondary N) is 2. The number of rotatable bonds is 6. The quantitative estimate of drug-likeness (QED) is 0.842. The molecule has 2 rings (SSSR count). The van der Waals surface area contributed by atoms with Crippen LogP contribution >= 0.6 is 0 Å². The second-order valence-corrected chi connectivity index (χ2v) is 5.71. The molecule has 1 fully saturated rings. The van der Waals surface area contributed by atoms with Crippen LogP contribution in [-0.4, -0.2) is 38.3 Å². The summed E-state index contributed by atoms with van der Waals surface area (Å²) in [5.74, 6) is 1.24. The standard InChI is InChI=1S/C16H24N2O3/c1-12(2)10-21-15-5-3-4-13(8-15)18-16(19)9-14-11-20-7-6-17-14/h3-5,8,12,14,17H,6-7,9-11H2,1-2H3,(H,18,19). The summed E-state index contributed by atoms with van der Waals surface area (Å²) in [6.45, 7) is 6.98. The van der Waals surface area contributed by atoms with Gasteiger partial charge < -0.3 is 20.1 Å². The fraction of sp³-hybridized carbons (Fsp3) is 0.562. The van der Waals surface area contributed by atoms with Crippen LogP contribution in [0, 0.1) is 5.92 Å². The third kappa shape index (κ3) is 5.73. The predicted molar refractivity (Wildman–Crippen MR) is 82.6 cm³/mol. The van der Waals surface area contributed by atoms with E-state index in [0.717, 1.165) is 18.0 Å². The van der Waals surface area contributed by atoms with Crippen LogP contribution in [0.3, 0.4) is 0 Å². The first kappa shape index (κ1) is 15.8. The summed E-state index contributed by atoms with van der Waals surface area (Å²) in [6.07, 6.45) is 0.414. The summed E-state index contributed by atoms with van der Waals surface area (Å²) in [5.41, 5.74) is 0.762. The molecule has 1 aliphatic heterocycles. The van der Waals surface area contributed by atoms with E-state index in [1.165, 1.54) is 0 Å². The zero-order chi connectivity index (χ0) is 15.1. The van der Waals surface area contributed by atoms with E-state index in [1.54, 1.807) is 0 Å². The average molecular weight is 292 g/mol. The topological polar surface area (TPSA) is 59.6 Å². The number of ether oxygens (including phenoxy) is 2. The van der Waals surface area contributed by atoms with Crippen molar-refractivity contribution in [3.05, 3.63) is 24.3 Å². The van der Waals surface area contributed by atoms with E-state index >= 15 is 0 Å². The number of hydrogen-bond acceptors (Lipinski definition) is 4. The van der Waals surface area contributed by atoms with Crippen molar-refractivity contribution in [3.8, 4) is 5.75 Å². The monoisotopic (exact) mass is 292 g/mol. The summed E-state index contributed by atoms with van der Waals surface area (Å²) in [6, 6.07) is 7.59. The molecule has 5 nitrogen and oxygen atoms in total. The van der Waals surface area contributed by atoms with Crippen LogP contribution in [0.2, 0.25) is 0 Å². The van der Waals surface area contributed by atoms with Crippen molar-refractivity contribution in [2.45, 2.75) is 26.3 Å². The number of morpholine rings is 1. The molecule has 0 saturated carbocycles. The fourth-order valence-electron chi connectivity index (χ4n) is 2.11. The molecule has 0 radical (unpaired) electrons. The molecule has 1 amide bonds. The Kier molecular flexibility index (Phi) is 6.02. The van der Waals surface area contributed by atoms with E-state index < -0.39 is 0 Å². The Hall–Kier alpha value is -1.59. The lowest BCUT2D eigenvalue weighted by Gasteiger charge is -2.23. The van der Waals surface area contributed by atoms with Gasteiger partial charge in [-0.15, -0.1) is 0 Å². The molecule has 1 atom stereocenters. The number of hydrogen-bond donors (Lipinski definition) is 2. The molecule has 1 aromatic rings. The number of anilines is 1. The van der Waals surface area contributed by atoms with Gasteiger partial charge in [0, 0.05) is 30.8 Å². The molecular formula is C16H24N2O3. The minimum atomic E-state index is -0.0148. The lowest BCUT2D eigenvalue weighted by Crippen LogP contribution is -2.43. The molecular weight excluding hydrogens is 268 g/mol. The molecule has 0 aromatic heterocycles. The van der Waals surface area contributed by atoms with E-state index in [-0.39, 0.29) is 11.9 Å². The Balaban J connectivity index is 1.83. The highest BCUT2D eigenvalue weighted by atomic mass is 16.5. The number of benzene rings is 1. The Labute approximate surface area is 126 Å². The van der Waals surface area contributed by atoms with Crippen LogP contribution < -0.4 is 15.4 Å². The molecule has 5 heteroatoms. The summed E-state index contributed by atoms with van der Waals surface area (Å²) < 4.78 is 11.0. The van der Waals surface area contributed by atoms with Crippen LogP contribution in [0.4, 0.5) is 5.69 Å². The highest BCUT2D eigenvalue weighted by molar-refractivity contribution is 5.91. The zero-order valence-corrected chi connectivity index (χ0v) is 12.7. The van der Waals surface area contributed by atoms with E-state index in [9.17, 15) is 4.79 Å². The maximum atomic E-state index is 12.0. The third-order valence-electron chi connectivity index (χ3n) is 3.13. The molecule has 1 unspecified atom stereocenters. The lowest BCUT2D eigenvalue weighted by molar-refractivity contribution is -0.117. The largest absolute Gasteiger partial charge is 0.493 e. The normalized spacial score (nSPS) is 18.5. The molecule has 116 valence electrons. The maximum absolute atomic E-state index is 12.0. The molecule has 2 N–H and O–H groups in total. The minimum Gasteiger partial charge on any atom is -0.493 e. The van der Waals surface area contributed by atoms with Gasteiger partial charge in [0.2, 0.25) is 5.91 Å². The van der Waals surface area contributed by atoms with Crippen LogP contribution in [0.15, 0.2) is 24.3 Å². The van der Waals surface area contributed by atoms with Gasteiger partial charge in [-0.25, -0.2) is 0 Å². The number of carbonyl (C=O) groups is 1. The second kappa shape index (κ2) is 8.00. The summed E-state index contributed by atoms with van der Waals surface area (Å²) in [5, 5.41) is 6.17. The van der Waals surface area contributed by atoms with Gasteiger partial charge in [0.15, 0.2) is 0 Å². The zero-order valence-electron chi connectivity index (χ0n) is 12.7. The van der Waals surface area contributed by atoms with Gasteiger partial charge in [-0.1, -0.05) is 19.9 Å². The summed E-state index contributed by atoms with van der Waals surface area (Å²) in [4.78, 5) is 12.0. The molecule has 0 bridgehead atoms. The highest BCUT2D eigenvalue weighted by Crippen LogP contribution is 2.18. The third-order valence-corrected chi connectivity index (χ3v) is 3.13. The van der Waals surface area contributed by atoms with E-state index in [0.29, 0.717) is 32.2 Å². The first-order chi connectivity index (χ1) is 10.1. The van der Waals surface area contributed by atoms with Gasteiger partial charge in [0.1, 0.15) is 5.75 Å². The highest BCUT2D eigenvalue weighted by Gasteiger charge is 2.16. The molecule has 1 heterocycles. The van der Waals surface area contributed by atoms with E-state index in [4.69, 9.17) is 9.47 Å². The summed E-state index contributed by atoms with van der Waals surface area (Å²) in [7, 11) is 0. The van der Waals surface area contributed by atoms with Gasteiger partial charge in [0.25, 0.3) is 0 Å². The molecule has 1 aliphatic rings. The van der Waals surface area contributed by atoms with E-state index in [2.05, 4.69) is 24.5 Å². The predicted octanol–water partition coefficient (Wildman–Crippen LogP) is 2.04. The average Bonchev–Trinajstić information content (AvgIpc) is 2.46. The van der Waals surface area contributed by atoms with Crippen molar-refractivity contribution in [1.82, 2.24) is 5.32 Å². The molecule has 1 saturated heterocycles. The van der Waals surface area contributed by atoms with Crippen LogP contribution in [0.5, 0.6) is 5.75 Å². The van der Waals surface area contributed by atoms with Crippen molar-refractivity contribution < 1.29 is 14.3 Å². The Morgan fingerprint density at radius 3 is 3.10 bits per heavy atom. The van der Waals surface area contributed by atoms with Gasteiger partial charge in [0.05, 0.1) is 19.8 Å². The van der Waals surface area contributed by atoms with Gasteiger partial charge in [-0.05, 0) is 18.1 Å². The van der Waals surface area contributed by atoms with Gasteiger partial charge >= 0.3 is 0 Å². The van der Waals surface area contributed by atoms with Crippen molar-refractivity contribution in [2.75, 3.05) is 31.7 Å². The Bertz CT molecular complexity index is 457.